The lowest BCUT2D eigenvalue weighted by atomic mass is 10.2. The number of halogens is 1. The molecule has 2 N–H and O–H groups in total. The Morgan fingerprint density at radius 2 is 1.64 bits per heavy atom. The lowest BCUT2D eigenvalue weighted by molar-refractivity contribution is 0.630. The molecule has 3 heteroatoms. The molecule has 1 aromatic carbocycles. The normalized spacial score (nSPS) is 8.71. The largest absolute Gasteiger partial charge is 0.386 e. The van der Waals surface area contributed by atoms with Crippen molar-refractivity contribution in [2.75, 3.05) is 24.7 Å². The summed E-state index contributed by atoms with van der Waals surface area (Å²) in [5.41, 5.74) is 2.22. The van der Waals surface area contributed by atoms with Gasteiger partial charge in [0.15, 0.2) is 0 Å². The average Bonchev–Trinajstić information content (AvgIpc) is 2.19. The van der Waals surface area contributed by atoms with Crippen LogP contribution in [0.3, 0.4) is 0 Å². The van der Waals surface area contributed by atoms with Gasteiger partial charge in [0.25, 0.3) is 0 Å². The molecule has 0 unspecified atom stereocenters. The summed E-state index contributed by atoms with van der Waals surface area (Å²) in [7, 11) is 3.48. The first-order valence-corrected chi connectivity index (χ1v) is 4.84. The maximum atomic E-state index is 13.2. The summed E-state index contributed by atoms with van der Waals surface area (Å²) in [6.45, 7) is 5.86. The summed E-state index contributed by atoms with van der Waals surface area (Å²) in [5.74, 6) is -0.221. The van der Waals surface area contributed by atoms with Gasteiger partial charge in [0, 0.05) is 14.1 Å². The van der Waals surface area contributed by atoms with E-state index in [-0.39, 0.29) is 5.82 Å². The molecule has 0 bridgehead atoms. The fraction of sp³-hybridized carbons (Fsp3) is 0.455. The van der Waals surface area contributed by atoms with Gasteiger partial charge in [0.1, 0.15) is 5.82 Å². The van der Waals surface area contributed by atoms with Crippen molar-refractivity contribution in [2.45, 2.75) is 20.8 Å². The molecule has 0 heterocycles. The number of hydrogen-bond acceptors (Lipinski definition) is 2. The molecule has 1 aromatic rings. The molecule has 0 saturated carbocycles. The van der Waals surface area contributed by atoms with Crippen molar-refractivity contribution in [1.82, 2.24) is 0 Å². The van der Waals surface area contributed by atoms with E-state index in [1.54, 1.807) is 14.1 Å². The summed E-state index contributed by atoms with van der Waals surface area (Å²) in [6, 6.07) is 3.40. The van der Waals surface area contributed by atoms with Crippen LogP contribution in [0.25, 0.3) is 0 Å². The molecule has 0 atom stereocenters. The zero-order valence-corrected chi connectivity index (χ0v) is 9.53. The minimum atomic E-state index is -0.221. The van der Waals surface area contributed by atoms with Gasteiger partial charge in [-0.1, -0.05) is 13.8 Å². The van der Waals surface area contributed by atoms with Gasteiger partial charge in [0.2, 0.25) is 0 Å². The van der Waals surface area contributed by atoms with E-state index in [0.717, 1.165) is 11.3 Å². The van der Waals surface area contributed by atoms with Gasteiger partial charge in [0.05, 0.1) is 11.4 Å². The molecule has 1 rings (SSSR count). The van der Waals surface area contributed by atoms with Crippen molar-refractivity contribution in [2.24, 2.45) is 0 Å². The lowest BCUT2D eigenvalue weighted by Crippen LogP contribution is -2.00. The van der Waals surface area contributed by atoms with Gasteiger partial charge in [-0.3, -0.25) is 0 Å². The SMILES string of the molecule is CC.CNc1cc(C)cc(F)c1NC. The molecule has 0 radical (unpaired) electrons. The molecule has 80 valence electrons. The first kappa shape index (κ1) is 12.8. The average molecular weight is 198 g/mol. The highest BCUT2D eigenvalue weighted by Crippen LogP contribution is 2.25. The van der Waals surface area contributed by atoms with Crippen LogP contribution in [0.5, 0.6) is 0 Å². The third kappa shape index (κ3) is 2.91. The highest BCUT2D eigenvalue weighted by Gasteiger charge is 2.05. The van der Waals surface area contributed by atoms with Crippen molar-refractivity contribution >= 4 is 11.4 Å². The molecular formula is C11H19FN2. The van der Waals surface area contributed by atoms with E-state index in [2.05, 4.69) is 10.6 Å². The standard InChI is InChI=1S/C9H13FN2.C2H6/c1-6-4-7(10)9(12-3)8(5-6)11-2;1-2/h4-5,11-12H,1-3H3;1-2H3. The Bertz CT molecular complexity index is 285. The third-order valence-corrected chi connectivity index (χ3v) is 1.75. The van der Waals surface area contributed by atoms with Crippen LogP contribution in [0.15, 0.2) is 12.1 Å². The summed E-state index contributed by atoms with van der Waals surface area (Å²) in [5, 5.41) is 5.73. The van der Waals surface area contributed by atoms with Crippen LogP contribution in [0.2, 0.25) is 0 Å². The van der Waals surface area contributed by atoms with Gasteiger partial charge < -0.3 is 10.6 Å². The molecule has 0 saturated heterocycles. The van der Waals surface area contributed by atoms with Crippen LogP contribution in [0, 0.1) is 12.7 Å². The molecule has 0 aliphatic heterocycles. The molecule has 0 amide bonds. The minimum Gasteiger partial charge on any atom is -0.386 e. The predicted octanol–water partition coefficient (Wildman–Crippen LogP) is 3.24. The molecule has 14 heavy (non-hydrogen) atoms. The number of hydrogen-bond donors (Lipinski definition) is 2. The van der Waals surface area contributed by atoms with E-state index >= 15 is 0 Å². The van der Waals surface area contributed by atoms with Gasteiger partial charge in [-0.2, -0.15) is 0 Å². The van der Waals surface area contributed by atoms with Crippen molar-refractivity contribution in [3.05, 3.63) is 23.5 Å². The van der Waals surface area contributed by atoms with Crippen LogP contribution in [0.4, 0.5) is 15.8 Å². The summed E-state index contributed by atoms with van der Waals surface area (Å²) in [4.78, 5) is 0. The number of rotatable bonds is 2. The molecule has 0 spiro atoms. The zero-order valence-electron chi connectivity index (χ0n) is 9.53. The number of benzene rings is 1. The van der Waals surface area contributed by atoms with Crippen molar-refractivity contribution in [3.8, 4) is 0 Å². The Hall–Kier alpha value is -1.25. The van der Waals surface area contributed by atoms with Gasteiger partial charge >= 0.3 is 0 Å². The Balaban J connectivity index is 0.000000791. The highest BCUT2D eigenvalue weighted by molar-refractivity contribution is 5.69. The fourth-order valence-electron chi connectivity index (χ4n) is 1.19. The first-order chi connectivity index (χ1) is 6.69. The van der Waals surface area contributed by atoms with Crippen molar-refractivity contribution in [3.63, 3.8) is 0 Å². The van der Waals surface area contributed by atoms with Crippen molar-refractivity contribution in [1.29, 1.82) is 0 Å². The van der Waals surface area contributed by atoms with E-state index in [9.17, 15) is 4.39 Å². The van der Waals surface area contributed by atoms with Gasteiger partial charge in [-0.15, -0.1) is 0 Å². The Morgan fingerprint density at radius 3 is 2.07 bits per heavy atom. The van der Waals surface area contributed by atoms with E-state index in [1.165, 1.54) is 6.07 Å². The number of anilines is 2. The quantitative estimate of drug-likeness (QED) is 0.762. The Morgan fingerprint density at radius 1 is 1.07 bits per heavy atom. The summed E-state index contributed by atoms with van der Waals surface area (Å²) in [6.07, 6.45) is 0. The van der Waals surface area contributed by atoms with E-state index in [1.807, 2.05) is 26.8 Å². The third-order valence-electron chi connectivity index (χ3n) is 1.75. The van der Waals surface area contributed by atoms with Gasteiger partial charge in [-0.05, 0) is 24.6 Å². The first-order valence-electron chi connectivity index (χ1n) is 4.84. The summed E-state index contributed by atoms with van der Waals surface area (Å²) < 4.78 is 13.2. The topological polar surface area (TPSA) is 24.1 Å². The van der Waals surface area contributed by atoms with Crippen LogP contribution in [-0.4, -0.2) is 14.1 Å². The van der Waals surface area contributed by atoms with E-state index in [0.29, 0.717) is 5.69 Å². The minimum absolute atomic E-state index is 0.221. The second-order valence-corrected chi connectivity index (χ2v) is 2.67. The zero-order chi connectivity index (χ0) is 11.1. The monoisotopic (exact) mass is 198 g/mol. The van der Waals surface area contributed by atoms with Crippen LogP contribution < -0.4 is 10.6 Å². The smallest absolute Gasteiger partial charge is 0.148 e. The van der Waals surface area contributed by atoms with Gasteiger partial charge in [-0.25, -0.2) is 4.39 Å². The van der Waals surface area contributed by atoms with Crippen LogP contribution in [0.1, 0.15) is 19.4 Å². The maximum absolute atomic E-state index is 13.2. The molecular weight excluding hydrogens is 179 g/mol. The molecule has 0 aliphatic carbocycles. The lowest BCUT2D eigenvalue weighted by Gasteiger charge is -2.10. The summed E-state index contributed by atoms with van der Waals surface area (Å²) >= 11 is 0. The fourth-order valence-corrected chi connectivity index (χ4v) is 1.19. The molecule has 2 nitrogen and oxygen atoms in total. The maximum Gasteiger partial charge on any atom is 0.148 e. The van der Waals surface area contributed by atoms with E-state index < -0.39 is 0 Å². The number of aryl methyl sites for hydroxylation is 1. The van der Waals surface area contributed by atoms with Crippen molar-refractivity contribution < 1.29 is 4.39 Å². The number of nitrogens with one attached hydrogen (secondary N) is 2. The predicted molar refractivity (Wildman–Crippen MR) is 61.6 cm³/mol. The Kier molecular flexibility index (Phi) is 5.68. The second-order valence-electron chi connectivity index (χ2n) is 2.67. The molecule has 0 fully saturated rings. The molecule has 0 aliphatic rings. The highest BCUT2D eigenvalue weighted by atomic mass is 19.1. The van der Waals surface area contributed by atoms with E-state index in [4.69, 9.17) is 0 Å². The molecule has 0 aromatic heterocycles. The van der Waals surface area contributed by atoms with Crippen LogP contribution >= 0.6 is 0 Å². The second kappa shape index (κ2) is 6.24. The van der Waals surface area contributed by atoms with Crippen LogP contribution in [-0.2, 0) is 0 Å². The Labute approximate surface area is 85.5 Å².